The van der Waals surface area contributed by atoms with Gasteiger partial charge in [-0.15, -0.1) is 0 Å². The molecular weight excluding hydrogens is 499 g/mol. The molecule has 1 N–H and O–H groups in total. The summed E-state index contributed by atoms with van der Waals surface area (Å²) in [7, 11) is 1.64. The van der Waals surface area contributed by atoms with Gasteiger partial charge in [0.1, 0.15) is 5.75 Å². The van der Waals surface area contributed by atoms with Crippen molar-refractivity contribution in [3.8, 4) is 5.75 Å². The molecule has 2 rings (SSSR count). The van der Waals surface area contributed by atoms with Gasteiger partial charge in [-0.2, -0.15) is 0 Å². The van der Waals surface area contributed by atoms with Crippen molar-refractivity contribution in [2.75, 3.05) is 7.11 Å². The third kappa shape index (κ3) is 3.96. The van der Waals surface area contributed by atoms with Crippen LogP contribution in [0.4, 0.5) is 0 Å². The standard InChI is InChI=1S/C15H13Br2IO2/c1-20-15-5-2-10(16)6-9(15)7-14(19)12-8-11(18)3-4-13(12)17/h2-6,8,14,19H,7H2,1H3. The molecule has 0 bridgehead atoms. The minimum Gasteiger partial charge on any atom is -0.496 e. The molecular formula is C15H13Br2IO2. The van der Waals surface area contributed by atoms with Gasteiger partial charge in [-0.25, -0.2) is 0 Å². The van der Waals surface area contributed by atoms with Gasteiger partial charge in [0.2, 0.25) is 0 Å². The summed E-state index contributed by atoms with van der Waals surface area (Å²) in [6.07, 6.45) is -0.0799. The van der Waals surface area contributed by atoms with E-state index in [1.54, 1.807) is 7.11 Å². The van der Waals surface area contributed by atoms with Crippen molar-refractivity contribution in [3.63, 3.8) is 0 Å². The monoisotopic (exact) mass is 510 g/mol. The highest BCUT2D eigenvalue weighted by molar-refractivity contribution is 14.1. The molecule has 0 aliphatic rings. The van der Waals surface area contributed by atoms with E-state index in [-0.39, 0.29) is 0 Å². The molecule has 20 heavy (non-hydrogen) atoms. The summed E-state index contributed by atoms with van der Waals surface area (Å²) in [5.41, 5.74) is 1.86. The fraction of sp³-hybridized carbons (Fsp3) is 0.200. The van der Waals surface area contributed by atoms with Crippen molar-refractivity contribution in [3.05, 3.63) is 60.0 Å². The minimum atomic E-state index is -0.581. The molecule has 0 aliphatic heterocycles. The molecule has 1 atom stereocenters. The number of aliphatic hydroxyl groups excluding tert-OH is 1. The number of ether oxygens (including phenoxy) is 1. The molecule has 106 valence electrons. The predicted octanol–water partition coefficient (Wildman–Crippen LogP) is 5.10. The topological polar surface area (TPSA) is 29.5 Å². The highest BCUT2D eigenvalue weighted by Gasteiger charge is 2.15. The molecule has 0 aliphatic carbocycles. The van der Waals surface area contributed by atoms with Crippen LogP contribution in [-0.2, 0) is 6.42 Å². The second-order valence-corrected chi connectivity index (χ2v) is 7.36. The third-order valence-corrected chi connectivity index (χ3v) is 4.86. The quantitative estimate of drug-likeness (QED) is 0.579. The van der Waals surface area contributed by atoms with E-state index in [9.17, 15) is 5.11 Å². The van der Waals surface area contributed by atoms with Gasteiger partial charge in [0.25, 0.3) is 0 Å². The maximum atomic E-state index is 10.5. The Labute approximate surface area is 148 Å². The zero-order valence-corrected chi connectivity index (χ0v) is 16.1. The molecule has 0 heterocycles. The van der Waals surface area contributed by atoms with Crippen molar-refractivity contribution >= 4 is 54.5 Å². The molecule has 2 nitrogen and oxygen atoms in total. The zero-order valence-electron chi connectivity index (χ0n) is 10.7. The first kappa shape index (κ1) is 16.3. The fourth-order valence-electron chi connectivity index (χ4n) is 1.99. The molecule has 0 fully saturated rings. The molecule has 1 unspecified atom stereocenters. The number of aliphatic hydroxyl groups is 1. The van der Waals surface area contributed by atoms with Crippen molar-refractivity contribution < 1.29 is 9.84 Å². The molecule has 5 heteroatoms. The number of hydrogen-bond donors (Lipinski definition) is 1. The lowest BCUT2D eigenvalue weighted by Gasteiger charge is -2.16. The first-order chi connectivity index (χ1) is 9.51. The van der Waals surface area contributed by atoms with Crippen LogP contribution in [0.15, 0.2) is 45.3 Å². The van der Waals surface area contributed by atoms with Crippen LogP contribution in [-0.4, -0.2) is 12.2 Å². The third-order valence-electron chi connectivity index (χ3n) is 2.97. The van der Waals surface area contributed by atoms with E-state index in [0.717, 1.165) is 29.4 Å². The van der Waals surface area contributed by atoms with Gasteiger partial charge in [0.05, 0.1) is 13.2 Å². The number of hydrogen-bond acceptors (Lipinski definition) is 2. The van der Waals surface area contributed by atoms with Crippen molar-refractivity contribution in [1.29, 1.82) is 0 Å². The lowest BCUT2D eigenvalue weighted by Crippen LogP contribution is -2.04. The molecule has 2 aromatic rings. The van der Waals surface area contributed by atoms with Gasteiger partial charge < -0.3 is 9.84 Å². The zero-order chi connectivity index (χ0) is 14.7. The van der Waals surface area contributed by atoms with Gasteiger partial charge >= 0.3 is 0 Å². The van der Waals surface area contributed by atoms with Gasteiger partial charge in [-0.3, -0.25) is 0 Å². The Morgan fingerprint density at radius 1 is 1.20 bits per heavy atom. The summed E-state index contributed by atoms with van der Waals surface area (Å²) in [4.78, 5) is 0. The van der Waals surface area contributed by atoms with Gasteiger partial charge in [0.15, 0.2) is 0 Å². The van der Waals surface area contributed by atoms with Crippen molar-refractivity contribution in [1.82, 2.24) is 0 Å². The van der Waals surface area contributed by atoms with Gasteiger partial charge in [0, 0.05) is 18.9 Å². The van der Waals surface area contributed by atoms with Crippen LogP contribution in [0.3, 0.4) is 0 Å². The van der Waals surface area contributed by atoms with Crippen molar-refractivity contribution in [2.24, 2.45) is 0 Å². The Bertz CT molecular complexity index is 617. The van der Waals surface area contributed by atoms with Gasteiger partial charge in [-0.1, -0.05) is 31.9 Å². The Kier molecular flexibility index (Phi) is 5.89. The van der Waals surface area contributed by atoms with Gasteiger partial charge in [-0.05, 0) is 70.1 Å². The van der Waals surface area contributed by atoms with Crippen LogP contribution in [0, 0.1) is 3.57 Å². The average molecular weight is 512 g/mol. The van der Waals surface area contributed by atoms with E-state index in [4.69, 9.17) is 4.74 Å². The van der Waals surface area contributed by atoms with Crippen LogP contribution in [0.5, 0.6) is 5.75 Å². The molecule has 0 spiro atoms. The number of rotatable bonds is 4. The fourth-order valence-corrected chi connectivity index (χ4v) is 3.43. The summed E-state index contributed by atoms with van der Waals surface area (Å²) < 4.78 is 8.33. The summed E-state index contributed by atoms with van der Waals surface area (Å²) in [5.74, 6) is 0.786. The molecule has 2 aromatic carbocycles. The summed E-state index contributed by atoms with van der Waals surface area (Å²) in [6, 6.07) is 11.7. The molecule has 0 amide bonds. The lowest BCUT2D eigenvalue weighted by molar-refractivity contribution is 0.176. The van der Waals surface area contributed by atoms with Crippen LogP contribution < -0.4 is 4.74 Å². The molecule has 0 saturated heterocycles. The van der Waals surface area contributed by atoms with E-state index in [1.807, 2.05) is 36.4 Å². The highest BCUT2D eigenvalue weighted by Crippen LogP contribution is 2.31. The average Bonchev–Trinajstić information content (AvgIpc) is 2.41. The first-order valence-electron chi connectivity index (χ1n) is 5.96. The Hall–Kier alpha value is -0.110. The van der Waals surface area contributed by atoms with Crippen LogP contribution in [0.2, 0.25) is 0 Å². The smallest absolute Gasteiger partial charge is 0.122 e. The molecule has 0 aromatic heterocycles. The predicted molar refractivity (Wildman–Crippen MR) is 96.2 cm³/mol. The SMILES string of the molecule is COc1ccc(Br)cc1CC(O)c1cc(I)ccc1Br. The van der Waals surface area contributed by atoms with E-state index in [0.29, 0.717) is 6.42 Å². The number of benzene rings is 2. The number of halogens is 3. The van der Waals surface area contributed by atoms with Crippen LogP contribution >= 0.6 is 54.5 Å². The van der Waals surface area contributed by atoms with E-state index in [2.05, 4.69) is 54.5 Å². The second-order valence-electron chi connectivity index (χ2n) is 4.34. The first-order valence-corrected chi connectivity index (χ1v) is 8.63. The highest BCUT2D eigenvalue weighted by atomic mass is 127. The maximum absolute atomic E-state index is 10.5. The van der Waals surface area contributed by atoms with E-state index < -0.39 is 6.10 Å². The maximum Gasteiger partial charge on any atom is 0.122 e. The summed E-state index contributed by atoms with van der Waals surface area (Å²) >= 11 is 9.18. The number of methoxy groups -OCH3 is 1. The van der Waals surface area contributed by atoms with Crippen LogP contribution in [0.25, 0.3) is 0 Å². The Morgan fingerprint density at radius 2 is 1.95 bits per heavy atom. The Morgan fingerprint density at radius 3 is 2.65 bits per heavy atom. The second kappa shape index (κ2) is 7.24. The summed E-state index contributed by atoms with van der Waals surface area (Å²) in [5, 5.41) is 10.5. The van der Waals surface area contributed by atoms with E-state index in [1.165, 1.54) is 0 Å². The summed E-state index contributed by atoms with van der Waals surface area (Å²) in [6.45, 7) is 0. The van der Waals surface area contributed by atoms with Crippen LogP contribution in [0.1, 0.15) is 17.2 Å². The van der Waals surface area contributed by atoms with Crippen molar-refractivity contribution in [2.45, 2.75) is 12.5 Å². The molecule has 0 saturated carbocycles. The largest absolute Gasteiger partial charge is 0.496 e. The van der Waals surface area contributed by atoms with E-state index >= 15 is 0 Å². The molecule has 0 radical (unpaired) electrons. The Balaban J connectivity index is 2.29. The lowest BCUT2D eigenvalue weighted by atomic mass is 10.0. The minimum absolute atomic E-state index is 0.501. The normalized spacial score (nSPS) is 12.2.